The highest BCUT2D eigenvalue weighted by molar-refractivity contribution is 8.00. The van der Waals surface area contributed by atoms with Crippen molar-refractivity contribution >= 4 is 11.8 Å². The number of ether oxygens (including phenoxy) is 1. The number of rotatable bonds is 3. The molecule has 2 nitrogen and oxygen atoms in total. The summed E-state index contributed by atoms with van der Waals surface area (Å²) >= 11 is 2.16. The second-order valence-electron chi connectivity index (χ2n) is 5.24. The molecule has 0 spiro atoms. The quantitative estimate of drug-likeness (QED) is 0.828. The van der Waals surface area contributed by atoms with Crippen LogP contribution in [0.1, 0.15) is 45.4 Å². The Balaban J connectivity index is 1.81. The van der Waals surface area contributed by atoms with Crippen molar-refractivity contribution < 1.29 is 4.74 Å². The van der Waals surface area contributed by atoms with E-state index in [1.165, 1.54) is 38.5 Å². The first kappa shape index (κ1) is 12.7. The molecule has 0 aromatic heterocycles. The Hall–Kier alpha value is 0.270. The molecule has 16 heavy (non-hydrogen) atoms. The molecule has 1 saturated carbocycles. The van der Waals surface area contributed by atoms with Gasteiger partial charge in [-0.1, -0.05) is 13.3 Å². The van der Waals surface area contributed by atoms with E-state index < -0.39 is 0 Å². The van der Waals surface area contributed by atoms with E-state index >= 15 is 0 Å². The Bertz CT molecular complexity index is 206. The van der Waals surface area contributed by atoms with Gasteiger partial charge in [0.05, 0.1) is 0 Å². The number of nitrogens with two attached hydrogens (primary N) is 1. The van der Waals surface area contributed by atoms with Gasteiger partial charge in [-0.15, -0.1) is 0 Å². The molecule has 0 aromatic carbocycles. The molecule has 0 radical (unpaired) electrons. The third kappa shape index (κ3) is 3.38. The lowest BCUT2D eigenvalue weighted by atomic mass is 9.84. The topological polar surface area (TPSA) is 35.2 Å². The van der Waals surface area contributed by atoms with Crippen LogP contribution in [-0.4, -0.2) is 29.8 Å². The molecular weight excluding hydrogens is 218 g/mol. The van der Waals surface area contributed by atoms with Crippen molar-refractivity contribution in [1.29, 1.82) is 0 Å². The van der Waals surface area contributed by atoms with Crippen molar-refractivity contribution in [2.24, 2.45) is 11.7 Å². The average Bonchev–Trinajstić information content (AvgIpc) is 2.33. The van der Waals surface area contributed by atoms with Gasteiger partial charge in [0.1, 0.15) is 0 Å². The summed E-state index contributed by atoms with van der Waals surface area (Å²) in [6.45, 7) is 4.23. The summed E-state index contributed by atoms with van der Waals surface area (Å²) in [6, 6.07) is 0.440. The van der Waals surface area contributed by atoms with Crippen molar-refractivity contribution in [2.75, 3.05) is 13.2 Å². The van der Waals surface area contributed by atoms with Gasteiger partial charge in [-0.05, 0) is 38.0 Å². The van der Waals surface area contributed by atoms with Crippen molar-refractivity contribution in [2.45, 2.75) is 62.0 Å². The normalized spacial score (nSPS) is 37.5. The van der Waals surface area contributed by atoms with E-state index in [-0.39, 0.29) is 0 Å². The Kier molecular flexibility index (Phi) is 4.98. The molecule has 0 amide bonds. The minimum Gasteiger partial charge on any atom is -0.381 e. The SMILES string of the molecule is CCC1CCC(N)C(SC2CCOCC2)C1. The van der Waals surface area contributed by atoms with Crippen LogP contribution in [-0.2, 0) is 4.74 Å². The zero-order chi connectivity index (χ0) is 11.4. The maximum Gasteiger partial charge on any atom is 0.0476 e. The lowest BCUT2D eigenvalue weighted by Crippen LogP contribution is -2.39. The molecule has 2 rings (SSSR count). The van der Waals surface area contributed by atoms with Crippen LogP contribution in [0.2, 0.25) is 0 Å². The molecular formula is C13H25NOS. The second kappa shape index (κ2) is 6.27. The fraction of sp³-hybridized carbons (Fsp3) is 1.00. The van der Waals surface area contributed by atoms with E-state index in [1.807, 2.05) is 0 Å². The predicted octanol–water partition coefficient (Wildman–Crippen LogP) is 2.80. The van der Waals surface area contributed by atoms with E-state index in [2.05, 4.69) is 18.7 Å². The Morgan fingerprint density at radius 2 is 1.94 bits per heavy atom. The minimum atomic E-state index is 0.440. The van der Waals surface area contributed by atoms with Gasteiger partial charge in [-0.3, -0.25) is 0 Å². The van der Waals surface area contributed by atoms with Gasteiger partial charge in [0.15, 0.2) is 0 Å². The number of hydrogen-bond acceptors (Lipinski definition) is 3. The molecule has 94 valence electrons. The molecule has 1 saturated heterocycles. The molecule has 0 aromatic rings. The lowest BCUT2D eigenvalue weighted by Gasteiger charge is -2.36. The van der Waals surface area contributed by atoms with E-state index in [0.717, 1.165) is 24.4 Å². The van der Waals surface area contributed by atoms with E-state index in [4.69, 9.17) is 10.5 Å². The smallest absolute Gasteiger partial charge is 0.0476 e. The molecule has 2 fully saturated rings. The molecule has 3 unspecified atom stereocenters. The standard InChI is InChI=1S/C13H25NOS/c1-2-10-3-4-12(14)13(9-10)16-11-5-7-15-8-6-11/h10-13H,2-9,14H2,1H3. The molecule has 2 aliphatic rings. The van der Waals surface area contributed by atoms with E-state index in [1.54, 1.807) is 0 Å². The summed E-state index contributed by atoms with van der Waals surface area (Å²) < 4.78 is 5.41. The van der Waals surface area contributed by atoms with Crippen LogP contribution in [0.5, 0.6) is 0 Å². The van der Waals surface area contributed by atoms with Crippen LogP contribution in [0.15, 0.2) is 0 Å². The van der Waals surface area contributed by atoms with Crippen LogP contribution >= 0.6 is 11.8 Å². The van der Waals surface area contributed by atoms with Crippen LogP contribution in [0.4, 0.5) is 0 Å². The fourth-order valence-electron chi connectivity index (χ4n) is 2.82. The van der Waals surface area contributed by atoms with Crippen LogP contribution in [0.3, 0.4) is 0 Å². The summed E-state index contributed by atoms with van der Waals surface area (Å²) in [5, 5.41) is 1.52. The first-order chi connectivity index (χ1) is 7.79. The van der Waals surface area contributed by atoms with Crippen LogP contribution < -0.4 is 5.73 Å². The largest absolute Gasteiger partial charge is 0.381 e. The second-order valence-corrected chi connectivity index (χ2v) is 6.78. The molecule has 0 bridgehead atoms. The van der Waals surface area contributed by atoms with Gasteiger partial charge in [0, 0.05) is 29.8 Å². The van der Waals surface area contributed by atoms with Crippen molar-refractivity contribution in [1.82, 2.24) is 0 Å². The summed E-state index contributed by atoms with van der Waals surface area (Å²) in [7, 11) is 0. The van der Waals surface area contributed by atoms with Crippen molar-refractivity contribution in [3.8, 4) is 0 Å². The highest BCUT2D eigenvalue weighted by Gasteiger charge is 2.30. The first-order valence-corrected chi connectivity index (χ1v) is 7.72. The molecule has 1 aliphatic carbocycles. The predicted molar refractivity (Wildman–Crippen MR) is 70.8 cm³/mol. The summed E-state index contributed by atoms with van der Waals surface area (Å²) in [5.41, 5.74) is 6.26. The molecule has 3 heteroatoms. The van der Waals surface area contributed by atoms with Crippen LogP contribution in [0, 0.1) is 5.92 Å². The third-order valence-electron chi connectivity index (χ3n) is 4.06. The summed E-state index contributed by atoms with van der Waals surface area (Å²) in [4.78, 5) is 0. The lowest BCUT2D eigenvalue weighted by molar-refractivity contribution is 0.0998. The van der Waals surface area contributed by atoms with Crippen molar-refractivity contribution in [3.05, 3.63) is 0 Å². The molecule has 3 atom stereocenters. The maximum atomic E-state index is 6.26. The molecule has 1 aliphatic heterocycles. The number of thioether (sulfide) groups is 1. The van der Waals surface area contributed by atoms with Gasteiger partial charge in [0.25, 0.3) is 0 Å². The highest BCUT2D eigenvalue weighted by atomic mass is 32.2. The van der Waals surface area contributed by atoms with Gasteiger partial charge in [-0.25, -0.2) is 0 Å². The average molecular weight is 243 g/mol. The fourth-order valence-corrected chi connectivity index (χ4v) is 4.50. The van der Waals surface area contributed by atoms with Gasteiger partial charge in [0.2, 0.25) is 0 Å². The zero-order valence-electron chi connectivity index (χ0n) is 10.4. The Labute approximate surface area is 104 Å². The maximum absolute atomic E-state index is 6.26. The minimum absolute atomic E-state index is 0.440. The van der Waals surface area contributed by atoms with Gasteiger partial charge >= 0.3 is 0 Å². The molecule has 2 N–H and O–H groups in total. The summed E-state index contributed by atoms with van der Waals surface area (Å²) in [5.74, 6) is 0.928. The Morgan fingerprint density at radius 3 is 2.62 bits per heavy atom. The Morgan fingerprint density at radius 1 is 1.19 bits per heavy atom. The third-order valence-corrected chi connectivity index (χ3v) is 5.81. The monoisotopic (exact) mass is 243 g/mol. The van der Waals surface area contributed by atoms with Crippen molar-refractivity contribution in [3.63, 3.8) is 0 Å². The number of hydrogen-bond donors (Lipinski definition) is 1. The van der Waals surface area contributed by atoms with Gasteiger partial charge < -0.3 is 10.5 Å². The van der Waals surface area contributed by atoms with Gasteiger partial charge in [-0.2, -0.15) is 11.8 Å². The highest BCUT2D eigenvalue weighted by Crippen LogP contribution is 2.37. The van der Waals surface area contributed by atoms with E-state index in [0.29, 0.717) is 11.3 Å². The van der Waals surface area contributed by atoms with Crippen LogP contribution in [0.25, 0.3) is 0 Å². The summed E-state index contributed by atoms with van der Waals surface area (Å²) in [6.07, 6.45) is 7.72. The first-order valence-electron chi connectivity index (χ1n) is 6.78. The zero-order valence-corrected chi connectivity index (χ0v) is 11.2. The molecule has 1 heterocycles. The van der Waals surface area contributed by atoms with E-state index in [9.17, 15) is 0 Å².